The van der Waals surface area contributed by atoms with Crippen LogP contribution in [0.1, 0.15) is 14.7 Å². The third-order valence-electron chi connectivity index (χ3n) is 0.978. The monoisotopic (exact) mass is 171 g/mol. The number of carbonyl (C=O) groups excluding carboxylic acids is 2. The first-order valence-corrected chi connectivity index (χ1v) is 3.62. The number of nitrogens with zero attached hydrogens (tertiary/aromatic N) is 1. The van der Waals surface area contributed by atoms with Crippen LogP contribution in [0, 0.1) is 6.92 Å². The minimum Gasteiger partial charge on any atom is -0.391 e. The molecule has 5 heteroatoms. The Morgan fingerprint density at radius 2 is 2.55 bits per heavy atom. The quantitative estimate of drug-likeness (QED) is 0.374. The Balaban J connectivity index is 2.76. The molecule has 1 aromatic heterocycles. The molecule has 4 nitrogen and oxygen atoms in total. The van der Waals surface area contributed by atoms with Gasteiger partial charge in [0, 0.05) is 0 Å². The fraction of sp³-hybridized carbons (Fsp3) is 0.167. The lowest BCUT2D eigenvalue weighted by molar-refractivity contribution is -0.123. The summed E-state index contributed by atoms with van der Waals surface area (Å²) < 4.78 is 4.09. The van der Waals surface area contributed by atoms with E-state index < -0.39 is 5.97 Å². The molecule has 0 unspecified atom stereocenters. The van der Waals surface area contributed by atoms with Gasteiger partial charge in [0.25, 0.3) is 0 Å². The molecule has 11 heavy (non-hydrogen) atoms. The molecule has 0 fully saturated rings. The Morgan fingerprint density at radius 1 is 1.82 bits per heavy atom. The summed E-state index contributed by atoms with van der Waals surface area (Å²) in [6.45, 7) is 1.87. The number of hydrogen-bond donors (Lipinski definition) is 0. The van der Waals surface area contributed by atoms with E-state index in [1.807, 2.05) is 0 Å². The Labute approximate surface area is 66.8 Å². The van der Waals surface area contributed by atoms with E-state index in [-0.39, 0.29) is 6.47 Å². The molecular formula is C6H5NO3S. The minimum absolute atomic E-state index is 0.109. The molecule has 0 amide bonds. The molecular weight excluding hydrogens is 166 g/mol. The van der Waals surface area contributed by atoms with Crippen LogP contribution in [0.5, 0.6) is 0 Å². The zero-order valence-electron chi connectivity index (χ0n) is 5.73. The molecule has 0 spiro atoms. The van der Waals surface area contributed by atoms with Crippen LogP contribution in [-0.4, -0.2) is 17.4 Å². The van der Waals surface area contributed by atoms with Crippen molar-refractivity contribution in [2.45, 2.75) is 6.92 Å². The van der Waals surface area contributed by atoms with Gasteiger partial charge in [-0.2, -0.15) is 0 Å². The zero-order chi connectivity index (χ0) is 8.27. The largest absolute Gasteiger partial charge is 0.391 e. The smallest absolute Gasteiger partial charge is 0.357 e. The first-order valence-electron chi connectivity index (χ1n) is 2.81. The standard InChI is InChI=1S/C6H5NO3S/c1-4-7-2-5(11-4)6(9)10-3-8/h2-3H,1H3. The van der Waals surface area contributed by atoms with E-state index in [1.54, 1.807) is 6.92 Å². The number of ether oxygens (including phenoxy) is 1. The topological polar surface area (TPSA) is 56.3 Å². The molecule has 0 saturated heterocycles. The predicted molar refractivity (Wildman–Crippen MR) is 38.3 cm³/mol. The molecule has 0 radical (unpaired) electrons. The molecule has 1 rings (SSSR count). The van der Waals surface area contributed by atoms with Crippen LogP contribution in [0.4, 0.5) is 0 Å². The summed E-state index contributed by atoms with van der Waals surface area (Å²) in [7, 11) is 0. The van der Waals surface area contributed by atoms with Crippen molar-refractivity contribution in [1.82, 2.24) is 4.98 Å². The van der Waals surface area contributed by atoms with Gasteiger partial charge in [-0.1, -0.05) is 0 Å². The Kier molecular flexibility index (Phi) is 2.32. The molecule has 0 saturated carbocycles. The second-order valence-corrected chi connectivity index (χ2v) is 2.98. The van der Waals surface area contributed by atoms with Crippen molar-refractivity contribution < 1.29 is 14.3 Å². The first kappa shape index (κ1) is 7.87. The lowest BCUT2D eigenvalue weighted by Crippen LogP contribution is -1.99. The number of aryl methyl sites for hydroxylation is 1. The van der Waals surface area contributed by atoms with Crippen molar-refractivity contribution in [3.8, 4) is 0 Å². The molecule has 0 bridgehead atoms. The van der Waals surface area contributed by atoms with Crippen molar-refractivity contribution in [2.24, 2.45) is 0 Å². The van der Waals surface area contributed by atoms with E-state index in [9.17, 15) is 9.59 Å². The van der Waals surface area contributed by atoms with E-state index in [2.05, 4.69) is 9.72 Å². The van der Waals surface area contributed by atoms with Crippen LogP contribution >= 0.6 is 11.3 Å². The fourth-order valence-corrected chi connectivity index (χ4v) is 1.22. The number of rotatable bonds is 2. The molecule has 1 aromatic rings. The van der Waals surface area contributed by atoms with Gasteiger partial charge in [0.05, 0.1) is 11.2 Å². The summed E-state index contributed by atoms with van der Waals surface area (Å²) >= 11 is 1.19. The van der Waals surface area contributed by atoms with Gasteiger partial charge in [-0.05, 0) is 6.92 Å². The lowest BCUT2D eigenvalue weighted by Gasteiger charge is -1.87. The Hall–Kier alpha value is -1.23. The highest BCUT2D eigenvalue weighted by Gasteiger charge is 2.08. The van der Waals surface area contributed by atoms with Crippen molar-refractivity contribution in [2.75, 3.05) is 0 Å². The molecule has 1 heterocycles. The zero-order valence-corrected chi connectivity index (χ0v) is 6.55. The van der Waals surface area contributed by atoms with Crippen molar-refractivity contribution in [3.63, 3.8) is 0 Å². The Bertz CT molecular complexity index is 281. The highest BCUT2D eigenvalue weighted by molar-refractivity contribution is 7.13. The average molecular weight is 171 g/mol. The minimum atomic E-state index is -0.648. The van der Waals surface area contributed by atoms with Gasteiger partial charge in [0.2, 0.25) is 0 Å². The normalized spacial score (nSPS) is 9.18. The molecule has 0 aliphatic heterocycles. The van der Waals surface area contributed by atoms with Crippen LogP contribution in [0.25, 0.3) is 0 Å². The summed E-state index contributed by atoms with van der Waals surface area (Å²) in [6, 6.07) is 0. The van der Waals surface area contributed by atoms with Crippen LogP contribution in [0.15, 0.2) is 6.20 Å². The van der Waals surface area contributed by atoms with Gasteiger partial charge in [-0.25, -0.2) is 9.78 Å². The molecule has 0 atom stereocenters. The first-order chi connectivity index (χ1) is 5.24. The van der Waals surface area contributed by atoms with Crippen molar-refractivity contribution in [3.05, 3.63) is 16.1 Å². The highest BCUT2D eigenvalue weighted by atomic mass is 32.1. The van der Waals surface area contributed by atoms with Crippen LogP contribution in [0.3, 0.4) is 0 Å². The number of aromatic nitrogens is 1. The fourth-order valence-electron chi connectivity index (χ4n) is 0.558. The van der Waals surface area contributed by atoms with E-state index in [0.717, 1.165) is 5.01 Å². The number of carbonyl (C=O) groups is 2. The molecule has 58 valence electrons. The van der Waals surface area contributed by atoms with Gasteiger partial charge in [-0.3, -0.25) is 4.79 Å². The van der Waals surface area contributed by atoms with Gasteiger partial charge < -0.3 is 4.74 Å². The van der Waals surface area contributed by atoms with E-state index in [4.69, 9.17) is 0 Å². The summed E-state index contributed by atoms with van der Waals surface area (Å²) in [5.74, 6) is -0.648. The second-order valence-electron chi connectivity index (χ2n) is 1.75. The van der Waals surface area contributed by atoms with E-state index in [1.165, 1.54) is 17.5 Å². The van der Waals surface area contributed by atoms with Crippen LogP contribution in [-0.2, 0) is 9.53 Å². The maximum Gasteiger partial charge on any atom is 0.357 e. The van der Waals surface area contributed by atoms with Gasteiger partial charge in [0.15, 0.2) is 0 Å². The molecule has 0 aliphatic carbocycles. The SMILES string of the molecule is Cc1ncc(C(=O)OC=O)s1. The lowest BCUT2D eigenvalue weighted by atomic mass is 10.6. The predicted octanol–water partition coefficient (Wildman–Crippen LogP) is 0.765. The van der Waals surface area contributed by atoms with Gasteiger partial charge in [-0.15, -0.1) is 11.3 Å². The number of hydrogen-bond acceptors (Lipinski definition) is 5. The van der Waals surface area contributed by atoms with Crippen LogP contribution in [0.2, 0.25) is 0 Å². The Morgan fingerprint density at radius 3 is 3.00 bits per heavy atom. The average Bonchev–Trinajstić information content (AvgIpc) is 2.36. The van der Waals surface area contributed by atoms with Crippen molar-refractivity contribution in [1.29, 1.82) is 0 Å². The summed E-state index contributed by atoms with van der Waals surface area (Å²) in [5.41, 5.74) is 0. The second kappa shape index (κ2) is 3.25. The van der Waals surface area contributed by atoms with Gasteiger partial charge in [0.1, 0.15) is 4.88 Å². The molecule has 0 aliphatic rings. The number of esters is 1. The third-order valence-corrected chi connectivity index (χ3v) is 1.87. The highest BCUT2D eigenvalue weighted by Crippen LogP contribution is 2.11. The summed E-state index contributed by atoms with van der Waals surface area (Å²) in [4.78, 5) is 24.7. The van der Waals surface area contributed by atoms with E-state index in [0.29, 0.717) is 4.88 Å². The van der Waals surface area contributed by atoms with E-state index >= 15 is 0 Å². The summed E-state index contributed by atoms with van der Waals surface area (Å²) in [5, 5.41) is 0.767. The van der Waals surface area contributed by atoms with Crippen LogP contribution < -0.4 is 0 Å². The van der Waals surface area contributed by atoms with Gasteiger partial charge >= 0.3 is 12.4 Å². The third kappa shape index (κ3) is 1.84. The molecule has 0 aromatic carbocycles. The molecule has 0 N–H and O–H groups in total. The maximum atomic E-state index is 10.8. The number of thiazole rings is 1. The maximum absolute atomic E-state index is 10.8. The van der Waals surface area contributed by atoms with Crippen molar-refractivity contribution >= 4 is 23.8 Å². The summed E-state index contributed by atoms with van der Waals surface area (Å²) in [6.07, 6.45) is 1.38.